The Kier molecular flexibility index (Phi) is 4.18. The Balaban J connectivity index is 1.79. The third kappa shape index (κ3) is 3.18. The van der Waals surface area contributed by atoms with Crippen molar-refractivity contribution in [1.29, 1.82) is 0 Å². The minimum Gasteiger partial charge on any atom is -0.497 e. The highest BCUT2D eigenvalue weighted by molar-refractivity contribution is 5.93. The van der Waals surface area contributed by atoms with Crippen LogP contribution in [0.2, 0.25) is 0 Å². The number of nitrogens with two attached hydrogens (primary N) is 1. The Morgan fingerprint density at radius 1 is 1.11 bits per heavy atom. The number of aromatic nitrogens is 3. The van der Waals surface area contributed by atoms with Gasteiger partial charge in [-0.3, -0.25) is 14.2 Å². The SMILES string of the molecule is COc1ccc(-c2nc3cnccn3c2Nc2ccc(C(N)=O)cc2)cc1. The van der Waals surface area contributed by atoms with Gasteiger partial charge in [0.2, 0.25) is 5.91 Å². The van der Waals surface area contributed by atoms with Crippen LogP contribution in [-0.4, -0.2) is 27.4 Å². The van der Waals surface area contributed by atoms with Gasteiger partial charge in [0.25, 0.3) is 0 Å². The summed E-state index contributed by atoms with van der Waals surface area (Å²) < 4.78 is 7.16. The first-order valence-corrected chi connectivity index (χ1v) is 8.29. The van der Waals surface area contributed by atoms with Crippen molar-refractivity contribution in [2.45, 2.75) is 0 Å². The Hall–Kier alpha value is -3.87. The normalized spacial score (nSPS) is 10.7. The standard InChI is InChI=1S/C20H17N5O2/c1-27-16-8-4-13(5-9-16)18-20(25-11-10-22-12-17(25)24-18)23-15-6-2-14(3-7-15)19(21)26/h2-12,23H,1H3,(H2,21,26). The van der Waals surface area contributed by atoms with E-state index in [9.17, 15) is 4.79 Å². The van der Waals surface area contributed by atoms with Crippen molar-refractivity contribution in [1.82, 2.24) is 14.4 Å². The van der Waals surface area contributed by atoms with Crippen molar-refractivity contribution in [3.63, 3.8) is 0 Å². The van der Waals surface area contributed by atoms with Gasteiger partial charge in [0, 0.05) is 29.2 Å². The highest BCUT2D eigenvalue weighted by atomic mass is 16.5. The minimum absolute atomic E-state index is 0.457. The molecule has 0 aliphatic heterocycles. The number of carbonyl (C=O) groups is 1. The van der Waals surface area contributed by atoms with E-state index in [1.54, 1.807) is 43.8 Å². The molecule has 2 aromatic heterocycles. The van der Waals surface area contributed by atoms with Crippen LogP contribution in [0.4, 0.5) is 11.5 Å². The van der Waals surface area contributed by atoms with Gasteiger partial charge in [-0.1, -0.05) is 0 Å². The lowest BCUT2D eigenvalue weighted by atomic mass is 10.1. The summed E-state index contributed by atoms with van der Waals surface area (Å²) in [6, 6.07) is 14.7. The van der Waals surface area contributed by atoms with E-state index in [4.69, 9.17) is 15.5 Å². The fourth-order valence-electron chi connectivity index (χ4n) is 2.83. The number of methoxy groups -OCH3 is 1. The number of nitrogens with one attached hydrogen (secondary N) is 1. The van der Waals surface area contributed by atoms with Crippen LogP contribution in [0.1, 0.15) is 10.4 Å². The van der Waals surface area contributed by atoms with E-state index >= 15 is 0 Å². The zero-order valence-electron chi connectivity index (χ0n) is 14.6. The summed E-state index contributed by atoms with van der Waals surface area (Å²) in [4.78, 5) is 20.1. The smallest absolute Gasteiger partial charge is 0.248 e. The van der Waals surface area contributed by atoms with Crippen molar-refractivity contribution in [2.75, 3.05) is 12.4 Å². The van der Waals surface area contributed by atoms with Gasteiger partial charge in [-0.25, -0.2) is 4.98 Å². The summed E-state index contributed by atoms with van der Waals surface area (Å²) in [7, 11) is 1.63. The van der Waals surface area contributed by atoms with Gasteiger partial charge in [-0.15, -0.1) is 0 Å². The van der Waals surface area contributed by atoms with Gasteiger partial charge >= 0.3 is 0 Å². The average Bonchev–Trinajstić information content (AvgIpc) is 3.07. The topological polar surface area (TPSA) is 94.5 Å². The zero-order valence-corrected chi connectivity index (χ0v) is 14.6. The van der Waals surface area contributed by atoms with Gasteiger partial charge in [0.05, 0.1) is 13.3 Å². The van der Waals surface area contributed by atoms with Crippen molar-refractivity contribution in [3.8, 4) is 17.0 Å². The maximum atomic E-state index is 11.3. The van der Waals surface area contributed by atoms with Crippen LogP contribution in [0.15, 0.2) is 67.1 Å². The van der Waals surface area contributed by atoms with Crippen LogP contribution < -0.4 is 15.8 Å². The maximum absolute atomic E-state index is 11.3. The molecule has 1 amide bonds. The fourth-order valence-corrected chi connectivity index (χ4v) is 2.83. The largest absolute Gasteiger partial charge is 0.497 e. The second-order valence-corrected chi connectivity index (χ2v) is 5.91. The summed E-state index contributed by atoms with van der Waals surface area (Å²) >= 11 is 0. The van der Waals surface area contributed by atoms with Gasteiger partial charge in [0.1, 0.15) is 17.3 Å². The molecule has 2 heterocycles. The highest BCUT2D eigenvalue weighted by Crippen LogP contribution is 2.31. The van der Waals surface area contributed by atoms with Crippen LogP contribution >= 0.6 is 0 Å². The molecular weight excluding hydrogens is 342 g/mol. The molecule has 0 radical (unpaired) electrons. The molecular formula is C20H17N5O2. The Labute approximate surface area is 155 Å². The second-order valence-electron chi connectivity index (χ2n) is 5.91. The summed E-state index contributed by atoms with van der Waals surface area (Å²) in [6.07, 6.45) is 5.25. The van der Waals surface area contributed by atoms with Crippen molar-refractivity contribution in [2.24, 2.45) is 5.73 Å². The summed E-state index contributed by atoms with van der Waals surface area (Å²) in [5, 5.41) is 3.38. The lowest BCUT2D eigenvalue weighted by Crippen LogP contribution is -2.10. The maximum Gasteiger partial charge on any atom is 0.248 e. The molecule has 0 saturated carbocycles. The first-order chi connectivity index (χ1) is 13.2. The van der Waals surface area contributed by atoms with Crippen LogP contribution in [-0.2, 0) is 0 Å². The number of rotatable bonds is 5. The molecule has 0 aliphatic carbocycles. The number of fused-ring (bicyclic) bond motifs is 1. The fraction of sp³-hybridized carbons (Fsp3) is 0.0500. The molecule has 27 heavy (non-hydrogen) atoms. The number of amides is 1. The molecule has 7 nitrogen and oxygen atoms in total. The van der Waals surface area contributed by atoms with Gasteiger partial charge in [0.15, 0.2) is 5.65 Å². The molecule has 134 valence electrons. The van der Waals surface area contributed by atoms with E-state index in [0.717, 1.165) is 34.2 Å². The lowest BCUT2D eigenvalue weighted by Gasteiger charge is -2.09. The molecule has 4 aromatic rings. The van der Waals surface area contributed by atoms with Crippen LogP contribution in [0.3, 0.4) is 0 Å². The quantitative estimate of drug-likeness (QED) is 0.570. The average molecular weight is 359 g/mol. The minimum atomic E-state index is -0.457. The Morgan fingerprint density at radius 3 is 2.52 bits per heavy atom. The molecule has 0 fully saturated rings. The van der Waals surface area contributed by atoms with E-state index in [1.165, 1.54) is 0 Å². The Morgan fingerprint density at radius 2 is 1.85 bits per heavy atom. The third-order valence-corrected chi connectivity index (χ3v) is 4.23. The van der Waals surface area contributed by atoms with E-state index in [-0.39, 0.29) is 0 Å². The first kappa shape index (κ1) is 16.6. The number of benzene rings is 2. The molecule has 0 atom stereocenters. The van der Waals surface area contributed by atoms with Crippen LogP contribution in [0.5, 0.6) is 5.75 Å². The van der Waals surface area contributed by atoms with Crippen molar-refractivity contribution < 1.29 is 9.53 Å². The number of carbonyl (C=O) groups excluding carboxylic acids is 1. The van der Waals surface area contributed by atoms with E-state index < -0.39 is 5.91 Å². The second kappa shape index (κ2) is 6.80. The van der Waals surface area contributed by atoms with Gasteiger partial charge < -0.3 is 15.8 Å². The molecule has 7 heteroatoms. The number of primary amides is 1. The highest BCUT2D eigenvalue weighted by Gasteiger charge is 2.15. The van der Waals surface area contributed by atoms with E-state index in [0.29, 0.717) is 5.56 Å². The molecule has 0 spiro atoms. The van der Waals surface area contributed by atoms with Gasteiger partial charge in [-0.05, 0) is 48.5 Å². The molecule has 0 unspecified atom stereocenters. The molecule has 0 saturated heterocycles. The predicted molar refractivity (Wildman–Crippen MR) is 103 cm³/mol. The number of ether oxygens (including phenoxy) is 1. The number of hydrogen-bond donors (Lipinski definition) is 2. The van der Waals surface area contributed by atoms with Crippen molar-refractivity contribution >= 4 is 23.1 Å². The summed E-state index contributed by atoms with van der Waals surface area (Å²) in [5.41, 5.74) is 9.02. The third-order valence-electron chi connectivity index (χ3n) is 4.23. The number of hydrogen-bond acceptors (Lipinski definition) is 5. The number of nitrogens with zero attached hydrogens (tertiary/aromatic N) is 3. The number of anilines is 2. The van der Waals surface area contributed by atoms with E-state index in [1.807, 2.05) is 34.9 Å². The lowest BCUT2D eigenvalue weighted by molar-refractivity contribution is 0.100. The summed E-state index contributed by atoms with van der Waals surface area (Å²) in [5.74, 6) is 1.12. The Bertz CT molecular complexity index is 1100. The molecule has 3 N–H and O–H groups in total. The van der Waals surface area contributed by atoms with Gasteiger partial charge in [-0.2, -0.15) is 0 Å². The number of imidazole rings is 1. The summed E-state index contributed by atoms with van der Waals surface area (Å²) in [6.45, 7) is 0. The van der Waals surface area contributed by atoms with Crippen LogP contribution in [0, 0.1) is 0 Å². The monoisotopic (exact) mass is 359 g/mol. The predicted octanol–water partition coefficient (Wildman–Crippen LogP) is 3.25. The molecule has 0 bridgehead atoms. The molecule has 4 rings (SSSR count). The molecule has 0 aliphatic rings. The van der Waals surface area contributed by atoms with E-state index in [2.05, 4.69) is 10.3 Å². The zero-order chi connectivity index (χ0) is 18.8. The molecule has 2 aromatic carbocycles. The first-order valence-electron chi connectivity index (χ1n) is 8.29. The van der Waals surface area contributed by atoms with Crippen molar-refractivity contribution in [3.05, 3.63) is 72.7 Å². The van der Waals surface area contributed by atoms with Crippen LogP contribution in [0.25, 0.3) is 16.9 Å².